The summed E-state index contributed by atoms with van der Waals surface area (Å²) in [7, 11) is 0. The first-order valence-electron chi connectivity index (χ1n) is 20.4. The molecule has 0 spiro atoms. The Morgan fingerprint density at radius 3 is 1.38 bits per heavy atom. The average molecular weight is 1090 g/mol. The Morgan fingerprint density at radius 2 is 0.955 bits per heavy atom. The molecule has 0 fully saturated rings. The van der Waals surface area contributed by atoms with Crippen molar-refractivity contribution in [1.82, 2.24) is 9.13 Å². The summed E-state index contributed by atoms with van der Waals surface area (Å²) in [5.41, 5.74) is 9.25. The topological polar surface area (TPSA) is 91.9 Å². The quantitative estimate of drug-likeness (QED) is 0.116. The molecule has 0 radical (unpaired) electrons. The zero-order valence-electron chi connectivity index (χ0n) is 35.6. The summed E-state index contributed by atoms with van der Waals surface area (Å²) in [6.07, 6.45) is 0. The molecule has 336 valence electrons. The van der Waals surface area contributed by atoms with Gasteiger partial charge in [0, 0.05) is 74.1 Å². The summed E-state index contributed by atoms with van der Waals surface area (Å²) in [6, 6.07) is 44.6. The molecule has 0 amide bonds. The van der Waals surface area contributed by atoms with Crippen LogP contribution in [-0.2, 0) is 18.0 Å². The highest BCUT2D eigenvalue weighted by molar-refractivity contribution is 9.10. The first-order valence-corrected chi connectivity index (χ1v) is 23.5. The van der Waals surface area contributed by atoms with E-state index in [0.29, 0.717) is 49.3 Å². The number of carboxylic acids is 1. The van der Waals surface area contributed by atoms with Crippen molar-refractivity contribution in [3.05, 3.63) is 208 Å². The number of nitrogens with zero attached hydrogens (tertiary/aromatic N) is 2. The van der Waals surface area contributed by atoms with E-state index in [1.54, 1.807) is 67.6 Å². The maximum atomic E-state index is 12.3. The van der Waals surface area contributed by atoms with E-state index in [1.165, 1.54) is 0 Å². The van der Waals surface area contributed by atoms with Crippen molar-refractivity contribution in [3.63, 3.8) is 0 Å². The van der Waals surface area contributed by atoms with Crippen LogP contribution in [0, 0.1) is 13.8 Å². The van der Waals surface area contributed by atoms with Crippen molar-refractivity contribution in [2.75, 3.05) is 6.61 Å². The fourth-order valence-electron chi connectivity index (χ4n) is 7.24. The van der Waals surface area contributed by atoms with Gasteiger partial charge in [0.05, 0.1) is 29.1 Å². The molecule has 0 aliphatic rings. The summed E-state index contributed by atoms with van der Waals surface area (Å²) in [6.45, 7) is 6.54. The van der Waals surface area contributed by atoms with E-state index in [1.807, 2.05) is 103 Å². The van der Waals surface area contributed by atoms with Crippen LogP contribution in [-0.4, -0.2) is 32.8 Å². The number of carbonyl (C=O) groups is 2. The lowest BCUT2D eigenvalue weighted by atomic mass is 10.1. The number of aromatic carboxylic acids is 1. The fourth-order valence-corrected chi connectivity index (χ4v) is 8.98. The summed E-state index contributed by atoms with van der Waals surface area (Å²) < 4.78 is 23.4. The molecule has 8 nitrogen and oxygen atoms in total. The van der Waals surface area contributed by atoms with Crippen LogP contribution >= 0.6 is 78.3 Å². The Hall–Kier alpha value is -5.46. The lowest BCUT2D eigenvalue weighted by Crippen LogP contribution is -2.07. The number of esters is 1. The molecule has 1 N–H and O–H groups in total. The molecule has 0 aliphatic carbocycles. The molecular weight excluding hydrogens is 1050 g/mol. The maximum absolute atomic E-state index is 12.3. The average Bonchev–Trinajstić information content (AvgIpc) is 3.88. The van der Waals surface area contributed by atoms with E-state index in [4.69, 9.17) is 60.6 Å². The van der Waals surface area contributed by atoms with Crippen molar-refractivity contribution in [2.24, 2.45) is 0 Å². The molecule has 8 rings (SSSR count). The molecule has 0 unspecified atom stereocenters. The monoisotopic (exact) mass is 1090 g/mol. The lowest BCUT2D eigenvalue weighted by molar-refractivity contribution is 0.0525. The van der Waals surface area contributed by atoms with Crippen LogP contribution in [0.1, 0.15) is 50.2 Å². The SMILES string of the molecule is CCOC(=O)c1cccc(-n2c(C)ccc2-c2cc(Br)ccc2OCc2c(Cl)cccc2Cl)c1.Cc1ccc(-c2cc(Br)ccc2OCc2c(Cl)cccc2Cl)n1-c1cccc(C(=O)O)c1. The second-order valence-electron chi connectivity index (χ2n) is 14.8. The van der Waals surface area contributed by atoms with Gasteiger partial charge in [-0.25, -0.2) is 9.59 Å². The molecule has 0 saturated carbocycles. The third kappa shape index (κ3) is 11.2. The van der Waals surface area contributed by atoms with Crippen molar-refractivity contribution >= 4 is 90.2 Å². The van der Waals surface area contributed by atoms with Gasteiger partial charge in [0.2, 0.25) is 0 Å². The van der Waals surface area contributed by atoms with Crippen LogP contribution < -0.4 is 9.47 Å². The molecule has 0 saturated heterocycles. The number of halogens is 6. The standard InChI is InChI=1S/C27H22BrCl2NO3.C25H18BrCl2NO3/c1-3-33-27(32)18-6-4-7-20(14-18)31-17(2)10-12-25(31)21-15-19(28)11-13-26(21)34-16-22-23(29)8-5-9-24(22)30;1-15-8-10-23(29(15)18-5-2-4-16(12-18)25(30)31)19-13-17(26)9-11-24(19)32-14-20-21(27)6-3-7-22(20)28/h4-15H,3,16H2,1-2H3;2-13H,14H2,1H3,(H,30,31). The number of carbonyl (C=O) groups excluding carboxylic acids is 1. The number of hydrogen-bond acceptors (Lipinski definition) is 5. The van der Waals surface area contributed by atoms with Gasteiger partial charge in [0.15, 0.2) is 0 Å². The Kier molecular flexibility index (Phi) is 16.1. The van der Waals surface area contributed by atoms with Crippen molar-refractivity contribution in [1.29, 1.82) is 0 Å². The third-order valence-electron chi connectivity index (χ3n) is 10.4. The Bertz CT molecular complexity index is 3040. The minimum atomic E-state index is -0.971. The van der Waals surface area contributed by atoms with Crippen LogP contribution in [0.15, 0.2) is 155 Å². The van der Waals surface area contributed by atoms with Crippen molar-refractivity contribution < 1.29 is 28.9 Å². The van der Waals surface area contributed by atoms with Crippen LogP contribution in [0.3, 0.4) is 0 Å². The zero-order chi connectivity index (χ0) is 47.1. The van der Waals surface area contributed by atoms with Gasteiger partial charge in [-0.15, -0.1) is 0 Å². The van der Waals surface area contributed by atoms with Gasteiger partial charge in [0.1, 0.15) is 24.7 Å². The molecule has 6 aromatic carbocycles. The molecule has 0 atom stereocenters. The highest BCUT2D eigenvalue weighted by Crippen LogP contribution is 2.39. The molecular formula is C52H40Br2Cl4N2O6. The highest BCUT2D eigenvalue weighted by Gasteiger charge is 2.19. The molecule has 0 bridgehead atoms. The van der Waals surface area contributed by atoms with Crippen LogP contribution in [0.25, 0.3) is 33.9 Å². The number of aryl methyl sites for hydroxylation is 2. The van der Waals surface area contributed by atoms with E-state index < -0.39 is 5.97 Å². The summed E-state index contributed by atoms with van der Waals surface area (Å²) >= 11 is 32.4. The number of aromatic nitrogens is 2. The fraction of sp³-hybridized carbons (Fsp3) is 0.115. The number of hydrogen-bond donors (Lipinski definition) is 1. The summed E-state index contributed by atoms with van der Waals surface area (Å²) in [5, 5.41) is 11.6. The third-order valence-corrected chi connectivity index (χ3v) is 12.8. The smallest absolute Gasteiger partial charge is 0.338 e. The summed E-state index contributed by atoms with van der Waals surface area (Å²) in [5.74, 6) is 0.0121. The molecule has 0 aliphatic heterocycles. The predicted octanol–water partition coefficient (Wildman–Crippen LogP) is 16.1. The van der Waals surface area contributed by atoms with Gasteiger partial charge in [-0.2, -0.15) is 0 Å². The minimum Gasteiger partial charge on any atom is -0.488 e. The van der Waals surface area contributed by atoms with E-state index in [9.17, 15) is 14.7 Å². The van der Waals surface area contributed by atoms with E-state index >= 15 is 0 Å². The minimum absolute atomic E-state index is 0.210. The van der Waals surface area contributed by atoms with E-state index in [-0.39, 0.29) is 24.7 Å². The molecule has 2 heterocycles. The van der Waals surface area contributed by atoms with Crippen LogP contribution in [0.2, 0.25) is 20.1 Å². The van der Waals surface area contributed by atoms with Crippen molar-refractivity contribution in [3.8, 4) is 45.4 Å². The van der Waals surface area contributed by atoms with Gasteiger partial charge >= 0.3 is 11.9 Å². The first-order chi connectivity index (χ1) is 31.7. The first kappa shape index (κ1) is 48.5. The maximum Gasteiger partial charge on any atom is 0.338 e. The number of rotatable bonds is 13. The van der Waals surface area contributed by atoms with E-state index in [0.717, 1.165) is 59.8 Å². The predicted molar refractivity (Wildman–Crippen MR) is 272 cm³/mol. The number of benzene rings is 6. The zero-order valence-corrected chi connectivity index (χ0v) is 41.8. The molecule has 14 heteroatoms. The number of carboxylic acid groups (broad SMARTS) is 1. The van der Waals surface area contributed by atoms with Gasteiger partial charge in [-0.1, -0.05) is 103 Å². The van der Waals surface area contributed by atoms with Gasteiger partial charge in [-0.3, -0.25) is 0 Å². The second kappa shape index (κ2) is 21.9. The Morgan fingerprint density at radius 1 is 0.545 bits per heavy atom. The molecule has 66 heavy (non-hydrogen) atoms. The highest BCUT2D eigenvalue weighted by atomic mass is 79.9. The molecule has 8 aromatic rings. The Balaban J connectivity index is 0.000000197. The van der Waals surface area contributed by atoms with Gasteiger partial charge in [-0.05, 0) is 142 Å². The van der Waals surface area contributed by atoms with Gasteiger partial charge in [0.25, 0.3) is 0 Å². The second-order valence-corrected chi connectivity index (χ2v) is 18.2. The summed E-state index contributed by atoms with van der Waals surface area (Å²) in [4.78, 5) is 23.8. The largest absolute Gasteiger partial charge is 0.488 e. The Labute approximate surface area is 419 Å². The van der Waals surface area contributed by atoms with E-state index in [2.05, 4.69) is 36.4 Å². The van der Waals surface area contributed by atoms with Crippen molar-refractivity contribution in [2.45, 2.75) is 34.0 Å². The normalized spacial score (nSPS) is 10.9. The molecule has 2 aromatic heterocycles. The number of ether oxygens (including phenoxy) is 3. The van der Waals surface area contributed by atoms with Gasteiger partial charge < -0.3 is 28.5 Å². The van der Waals surface area contributed by atoms with Crippen LogP contribution in [0.4, 0.5) is 0 Å². The lowest BCUT2D eigenvalue weighted by Gasteiger charge is -2.17. The van der Waals surface area contributed by atoms with Crippen LogP contribution in [0.5, 0.6) is 11.5 Å².